The predicted octanol–water partition coefficient (Wildman–Crippen LogP) is 1.94. The lowest BCUT2D eigenvalue weighted by Crippen LogP contribution is -2.46. The van der Waals surface area contributed by atoms with Gasteiger partial charge in [0.25, 0.3) is 0 Å². The van der Waals surface area contributed by atoms with Gasteiger partial charge in [-0.1, -0.05) is 18.2 Å². The highest BCUT2D eigenvalue weighted by Gasteiger charge is 2.24. The molecule has 2 N–H and O–H groups in total. The van der Waals surface area contributed by atoms with Gasteiger partial charge >= 0.3 is 6.09 Å². The molecule has 3 rings (SSSR count). The van der Waals surface area contributed by atoms with E-state index in [-0.39, 0.29) is 24.8 Å². The summed E-state index contributed by atoms with van der Waals surface area (Å²) >= 11 is 0. The van der Waals surface area contributed by atoms with E-state index in [0.717, 1.165) is 0 Å². The summed E-state index contributed by atoms with van der Waals surface area (Å²) in [7, 11) is 0. The van der Waals surface area contributed by atoms with Gasteiger partial charge in [0.1, 0.15) is 18.5 Å². The fourth-order valence-electron chi connectivity index (χ4n) is 2.37. The van der Waals surface area contributed by atoms with Gasteiger partial charge in [-0.3, -0.25) is 0 Å². The maximum absolute atomic E-state index is 13.6. The number of hydrogen-bond donors (Lipinski definition) is 1. The predicted molar refractivity (Wildman–Crippen MR) is 92.5 cm³/mol. The van der Waals surface area contributed by atoms with Gasteiger partial charge in [0.05, 0.1) is 13.2 Å². The van der Waals surface area contributed by atoms with Crippen LogP contribution >= 0.6 is 0 Å². The molecule has 1 atom stereocenters. The Hall–Kier alpha value is -3.07. The molecule has 1 aromatic carbocycles. The van der Waals surface area contributed by atoms with E-state index in [9.17, 15) is 9.18 Å². The normalized spacial score (nSPS) is 17.4. The highest BCUT2D eigenvalue weighted by molar-refractivity contribution is 5.72. The first-order valence-electron chi connectivity index (χ1n) is 8.01. The summed E-state index contributed by atoms with van der Waals surface area (Å²) in [6.45, 7) is 0.854. The van der Waals surface area contributed by atoms with Crippen molar-refractivity contribution in [2.24, 2.45) is 4.99 Å². The van der Waals surface area contributed by atoms with Crippen molar-refractivity contribution in [1.29, 1.82) is 0 Å². The van der Waals surface area contributed by atoms with Gasteiger partial charge in [-0.15, -0.1) is 0 Å². The number of rotatable bonds is 4. The molecule has 1 aliphatic heterocycles. The van der Waals surface area contributed by atoms with E-state index in [2.05, 4.69) is 15.0 Å². The summed E-state index contributed by atoms with van der Waals surface area (Å²) in [5, 5.41) is 0. The van der Waals surface area contributed by atoms with Crippen molar-refractivity contribution < 1.29 is 18.7 Å². The summed E-state index contributed by atoms with van der Waals surface area (Å²) in [5.41, 5.74) is 6.00. The topological polar surface area (TPSA) is 103 Å². The first-order valence-corrected chi connectivity index (χ1v) is 8.01. The number of aromatic nitrogens is 2. The molecule has 1 amide bonds. The number of ether oxygens (including phenoxy) is 2. The zero-order chi connectivity index (χ0) is 18.4. The number of morpholine rings is 1. The molecular formula is C17H18FN5O3. The van der Waals surface area contributed by atoms with E-state index < -0.39 is 18.0 Å². The molecule has 1 aromatic heterocycles. The second-order valence-electron chi connectivity index (χ2n) is 5.54. The first-order chi connectivity index (χ1) is 12.6. The van der Waals surface area contributed by atoms with E-state index in [0.29, 0.717) is 18.7 Å². The number of nitrogen functional groups attached to an aromatic ring is 1. The molecule has 1 fully saturated rings. The third-order valence-electron chi connectivity index (χ3n) is 3.73. The summed E-state index contributed by atoms with van der Waals surface area (Å²) in [6, 6.07) is 6.16. The van der Waals surface area contributed by atoms with Gasteiger partial charge in [0.15, 0.2) is 11.6 Å². The molecule has 1 aliphatic rings. The Balaban J connectivity index is 1.55. The van der Waals surface area contributed by atoms with Crippen LogP contribution in [-0.2, 0) is 16.1 Å². The van der Waals surface area contributed by atoms with Crippen LogP contribution in [0.1, 0.15) is 5.56 Å². The molecule has 0 saturated carbocycles. The molecule has 9 heteroatoms. The van der Waals surface area contributed by atoms with E-state index in [4.69, 9.17) is 15.2 Å². The number of benzene rings is 1. The minimum atomic E-state index is -0.533. The van der Waals surface area contributed by atoms with Crippen LogP contribution in [0.15, 0.2) is 41.7 Å². The second-order valence-corrected chi connectivity index (χ2v) is 5.54. The van der Waals surface area contributed by atoms with Crippen molar-refractivity contribution in [1.82, 2.24) is 14.9 Å². The summed E-state index contributed by atoms with van der Waals surface area (Å²) in [5.74, 6) is 0.0879. The van der Waals surface area contributed by atoms with Crippen molar-refractivity contribution >= 4 is 23.9 Å². The van der Waals surface area contributed by atoms with E-state index >= 15 is 0 Å². The summed E-state index contributed by atoms with van der Waals surface area (Å²) < 4.78 is 24.3. The Bertz CT molecular complexity index is 801. The third kappa shape index (κ3) is 4.51. The van der Waals surface area contributed by atoms with Gasteiger partial charge in [-0.05, 0) is 6.07 Å². The lowest BCUT2D eigenvalue weighted by atomic mass is 10.2. The quantitative estimate of drug-likeness (QED) is 0.837. The van der Waals surface area contributed by atoms with Gasteiger partial charge in [-0.25, -0.2) is 24.1 Å². The fourth-order valence-corrected chi connectivity index (χ4v) is 2.37. The van der Waals surface area contributed by atoms with Crippen LogP contribution in [0, 0.1) is 5.82 Å². The zero-order valence-corrected chi connectivity index (χ0v) is 13.9. The number of halogens is 1. The molecule has 0 spiro atoms. The molecule has 136 valence electrons. The Morgan fingerprint density at radius 2 is 2.23 bits per heavy atom. The van der Waals surface area contributed by atoms with Crippen molar-refractivity contribution in [3.05, 3.63) is 48.0 Å². The Labute approximate surface area is 149 Å². The minimum absolute atomic E-state index is 0.127. The van der Waals surface area contributed by atoms with Crippen LogP contribution in [0.25, 0.3) is 0 Å². The number of carbonyl (C=O) groups is 1. The highest BCUT2D eigenvalue weighted by atomic mass is 19.1. The standard InChI is InChI=1S/C17H18FN5O3/c18-14-4-2-1-3-12(14)11-26-17(24)23-7-8-25-13(10-23)9-22-16-15(19)20-5-6-21-16/h1-6,9,13H,7-8,10-11H2,(H2,19,20)/t13-/m1/s1. The van der Waals surface area contributed by atoms with Gasteiger partial charge < -0.3 is 20.1 Å². The smallest absolute Gasteiger partial charge is 0.410 e. The largest absolute Gasteiger partial charge is 0.444 e. The fraction of sp³-hybridized carbons (Fsp3) is 0.294. The monoisotopic (exact) mass is 359 g/mol. The van der Waals surface area contributed by atoms with Crippen LogP contribution in [0.4, 0.5) is 20.8 Å². The van der Waals surface area contributed by atoms with Crippen molar-refractivity contribution in [2.75, 3.05) is 25.4 Å². The molecule has 8 nitrogen and oxygen atoms in total. The second kappa shape index (κ2) is 8.34. The van der Waals surface area contributed by atoms with Gasteiger partial charge in [-0.2, -0.15) is 0 Å². The van der Waals surface area contributed by atoms with Gasteiger partial charge in [0, 0.05) is 30.7 Å². The molecule has 26 heavy (non-hydrogen) atoms. The number of anilines is 1. The molecule has 0 bridgehead atoms. The number of carbonyl (C=O) groups excluding carboxylic acids is 1. The molecule has 0 radical (unpaired) electrons. The molecular weight excluding hydrogens is 341 g/mol. The van der Waals surface area contributed by atoms with Crippen LogP contribution in [0.2, 0.25) is 0 Å². The minimum Gasteiger partial charge on any atom is -0.444 e. The number of hydrogen-bond acceptors (Lipinski definition) is 7. The van der Waals surface area contributed by atoms with Crippen LogP contribution < -0.4 is 5.73 Å². The average Bonchev–Trinajstić information content (AvgIpc) is 2.67. The lowest BCUT2D eigenvalue weighted by molar-refractivity contribution is 0.00313. The van der Waals surface area contributed by atoms with Crippen molar-refractivity contribution in [2.45, 2.75) is 12.7 Å². The molecule has 0 aliphatic carbocycles. The highest BCUT2D eigenvalue weighted by Crippen LogP contribution is 2.15. The summed E-state index contributed by atoms with van der Waals surface area (Å²) in [4.78, 5) is 25.7. The Kier molecular flexibility index (Phi) is 5.69. The number of nitrogens with two attached hydrogens (primary N) is 1. The van der Waals surface area contributed by atoms with E-state index in [1.54, 1.807) is 18.2 Å². The SMILES string of the molecule is Nc1nccnc1N=C[C@@H]1CN(C(=O)OCc2ccccc2F)CCO1. The van der Waals surface area contributed by atoms with Gasteiger partial charge in [0.2, 0.25) is 0 Å². The van der Waals surface area contributed by atoms with Crippen LogP contribution in [0.5, 0.6) is 0 Å². The summed E-state index contributed by atoms with van der Waals surface area (Å²) in [6.07, 6.45) is 3.52. The molecule has 0 unspecified atom stereocenters. The van der Waals surface area contributed by atoms with Crippen molar-refractivity contribution in [3.8, 4) is 0 Å². The third-order valence-corrected chi connectivity index (χ3v) is 3.73. The van der Waals surface area contributed by atoms with Crippen molar-refractivity contribution in [3.63, 3.8) is 0 Å². The number of amides is 1. The maximum Gasteiger partial charge on any atom is 0.410 e. The number of nitrogens with zero attached hydrogens (tertiary/aromatic N) is 4. The van der Waals surface area contributed by atoms with Crippen LogP contribution in [0.3, 0.4) is 0 Å². The zero-order valence-electron chi connectivity index (χ0n) is 13.9. The molecule has 2 heterocycles. The van der Waals surface area contributed by atoms with E-state index in [1.165, 1.54) is 29.6 Å². The Morgan fingerprint density at radius 1 is 1.42 bits per heavy atom. The average molecular weight is 359 g/mol. The van der Waals surface area contributed by atoms with Crippen LogP contribution in [-0.4, -0.2) is 53.0 Å². The Morgan fingerprint density at radius 3 is 3.04 bits per heavy atom. The number of aliphatic imine (C=N–C) groups is 1. The first kappa shape index (κ1) is 17.7. The lowest BCUT2D eigenvalue weighted by Gasteiger charge is -2.30. The molecule has 2 aromatic rings. The van der Waals surface area contributed by atoms with E-state index in [1.807, 2.05) is 0 Å². The maximum atomic E-state index is 13.6. The molecule has 1 saturated heterocycles.